The monoisotopic (exact) mass is 266 g/mol. The standard InChI is InChI=1S/C17H17NO2/c19-17(20)16-15(14-9-5-2-6-10-14)18(16)12-11-13-7-3-1-4-8-13/h1-10,15-16H,11-12H2,(H,19,20)/p-1/t15-,16-,18?/m0/s1. The third kappa shape index (κ3) is 2.58. The topological polar surface area (TPSA) is 43.1 Å². The molecule has 0 saturated carbocycles. The molecule has 102 valence electrons. The van der Waals surface area contributed by atoms with E-state index in [1.807, 2.05) is 53.4 Å². The number of rotatable bonds is 5. The molecule has 0 spiro atoms. The van der Waals surface area contributed by atoms with Crippen LogP contribution < -0.4 is 5.11 Å². The van der Waals surface area contributed by atoms with Crippen molar-refractivity contribution in [2.45, 2.75) is 18.5 Å². The van der Waals surface area contributed by atoms with Crippen LogP contribution in [0.25, 0.3) is 0 Å². The van der Waals surface area contributed by atoms with Gasteiger partial charge < -0.3 is 9.90 Å². The van der Waals surface area contributed by atoms with Crippen LogP contribution in [0.15, 0.2) is 60.7 Å². The molecule has 20 heavy (non-hydrogen) atoms. The van der Waals surface area contributed by atoms with Gasteiger partial charge in [-0.25, -0.2) is 0 Å². The Morgan fingerprint density at radius 3 is 2.20 bits per heavy atom. The zero-order valence-corrected chi connectivity index (χ0v) is 11.1. The summed E-state index contributed by atoms with van der Waals surface area (Å²) in [6.07, 6.45) is 0.855. The lowest BCUT2D eigenvalue weighted by molar-refractivity contribution is -0.306. The number of carboxylic acid groups (broad SMARTS) is 1. The Bertz CT molecular complexity index is 582. The fraction of sp³-hybridized carbons (Fsp3) is 0.235. The summed E-state index contributed by atoms with van der Waals surface area (Å²) in [5.74, 6) is -0.980. The molecule has 2 aromatic carbocycles. The van der Waals surface area contributed by atoms with Gasteiger partial charge in [0.25, 0.3) is 0 Å². The minimum Gasteiger partial charge on any atom is -0.548 e. The third-order valence-corrected chi connectivity index (χ3v) is 3.81. The van der Waals surface area contributed by atoms with Gasteiger partial charge in [0.1, 0.15) is 0 Å². The maximum absolute atomic E-state index is 11.2. The first-order chi connectivity index (χ1) is 9.77. The summed E-state index contributed by atoms with van der Waals surface area (Å²) in [6, 6.07) is 19.4. The molecule has 0 amide bonds. The van der Waals surface area contributed by atoms with Gasteiger partial charge in [0, 0.05) is 6.54 Å². The molecular formula is C17H16NO2-. The molecule has 1 saturated heterocycles. The Kier molecular flexibility index (Phi) is 3.52. The summed E-state index contributed by atoms with van der Waals surface area (Å²) in [6.45, 7) is 0.738. The second-order valence-corrected chi connectivity index (χ2v) is 5.09. The van der Waals surface area contributed by atoms with Crippen LogP contribution in [-0.4, -0.2) is 23.5 Å². The highest BCUT2D eigenvalue weighted by Gasteiger charge is 2.48. The molecule has 2 aromatic rings. The lowest BCUT2D eigenvalue weighted by Crippen LogP contribution is -2.30. The molecule has 1 heterocycles. The Morgan fingerprint density at radius 1 is 1.00 bits per heavy atom. The molecule has 0 aliphatic carbocycles. The zero-order valence-electron chi connectivity index (χ0n) is 11.1. The molecule has 0 aromatic heterocycles. The lowest BCUT2D eigenvalue weighted by atomic mass is 10.1. The number of nitrogens with zero attached hydrogens (tertiary/aromatic N) is 1. The predicted molar refractivity (Wildman–Crippen MR) is 74.8 cm³/mol. The van der Waals surface area contributed by atoms with Crippen molar-refractivity contribution in [1.82, 2.24) is 4.90 Å². The Balaban J connectivity index is 1.68. The SMILES string of the molecule is O=C([O-])[C@@H]1[C@H](c2ccccc2)N1CCc1ccccc1. The molecule has 0 N–H and O–H groups in total. The van der Waals surface area contributed by atoms with Crippen molar-refractivity contribution in [3.63, 3.8) is 0 Å². The summed E-state index contributed by atoms with van der Waals surface area (Å²) < 4.78 is 0. The molecule has 0 bridgehead atoms. The van der Waals surface area contributed by atoms with E-state index < -0.39 is 12.0 Å². The van der Waals surface area contributed by atoms with Gasteiger partial charge in [-0.2, -0.15) is 0 Å². The van der Waals surface area contributed by atoms with Crippen LogP contribution in [-0.2, 0) is 11.2 Å². The van der Waals surface area contributed by atoms with Gasteiger partial charge in [0.15, 0.2) is 0 Å². The van der Waals surface area contributed by atoms with Gasteiger partial charge in [-0.3, -0.25) is 4.90 Å². The molecule has 0 radical (unpaired) electrons. The van der Waals surface area contributed by atoms with Crippen LogP contribution in [0, 0.1) is 0 Å². The minimum absolute atomic E-state index is 0.0371. The van der Waals surface area contributed by atoms with Gasteiger partial charge in [0.2, 0.25) is 0 Å². The molecule has 3 heteroatoms. The molecule has 1 aliphatic rings. The first-order valence-corrected chi connectivity index (χ1v) is 6.83. The maximum atomic E-state index is 11.2. The van der Waals surface area contributed by atoms with Crippen LogP contribution in [0.4, 0.5) is 0 Å². The second kappa shape index (κ2) is 5.47. The van der Waals surface area contributed by atoms with Crippen molar-refractivity contribution in [3.05, 3.63) is 71.8 Å². The third-order valence-electron chi connectivity index (χ3n) is 3.81. The van der Waals surface area contributed by atoms with Crippen LogP contribution >= 0.6 is 0 Å². The quantitative estimate of drug-likeness (QED) is 0.768. The summed E-state index contributed by atoms with van der Waals surface area (Å²) in [7, 11) is 0. The van der Waals surface area contributed by atoms with E-state index in [0.717, 1.165) is 18.5 Å². The van der Waals surface area contributed by atoms with E-state index in [9.17, 15) is 9.90 Å². The summed E-state index contributed by atoms with van der Waals surface area (Å²) in [5.41, 5.74) is 2.28. The van der Waals surface area contributed by atoms with Crippen LogP contribution in [0.1, 0.15) is 17.2 Å². The number of carbonyl (C=O) groups is 1. The lowest BCUT2D eigenvalue weighted by Gasteiger charge is -2.05. The smallest absolute Gasteiger partial charge is 0.0699 e. The first-order valence-electron chi connectivity index (χ1n) is 6.83. The normalized spacial score (nSPS) is 24.3. The van der Waals surface area contributed by atoms with Crippen molar-refractivity contribution in [2.75, 3.05) is 6.54 Å². The average Bonchev–Trinajstić information content (AvgIpc) is 3.22. The van der Waals surface area contributed by atoms with E-state index in [0.29, 0.717) is 0 Å². The summed E-state index contributed by atoms with van der Waals surface area (Å²) in [5, 5.41) is 11.2. The molecule has 3 rings (SSSR count). The molecule has 1 fully saturated rings. The summed E-state index contributed by atoms with van der Waals surface area (Å²) in [4.78, 5) is 13.2. The van der Waals surface area contributed by atoms with Gasteiger partial charge >= 0.3 is 0 Å². The Hall–Kier alpha value is -2.13. The number of aliphatic carboxylic acids is 1. The molecule has 1 unspecified atom stereocenters. The average molecular weight is 266 g/mol. The van der Waals surface area contributed by atoms with Crippen LogP contribution in [0.3, 0.4) is 0 Å². The van der Waals surface area contributed by atoms with E-state index in [-0.39, 0.29) is 6.04 Å². The van der Waals surface area contributed by atoms with E-state index >= 15 is 0 Å². The van der Waals surface area contributed by atoms with Gasteiger partial charge in [0.05, 0.1) is 18.1 Å². The van der Waals surface area contributed by atoms with Gasteiger partial charge in [-0.15, -0.1) is 0 Å². The number of benzene rings is 2. The van der Waals surface area contributed by atoms with Crippen molar-refractivity contribution >= 4 is 5.97 Å². The Morgan fingerprint density at radius 2 is 1.60 bits per heavy atom. The van der Waals surface area contributed by atoms with Crippen LogP contribution in [0.5, 0.6) is 0 Å². The predicted octanol–water partition coefficient (Wildman–Crippen LogP) is 1.40. The van der Waals surface area contributed by atoms with Crippen LogP contribution in [0.2, 0.25) is 0 Å². The molecule has 1 aliphatic heterocycles. The number of hydrogen-bond acceptors (Lipinski definition) is 3. The van der Waals surface area contributed by atoms with E-state index in [1.165, 1.54) is 5.56 Å². The van der Waals surface area contributed by atoms with Crippen molar-refractivity contribution in [1.29, 1.82) is 0 Å². The number of carbonyl (C=O) groups excluding carboxylic acids is 1. The molecule has 3 atom stereocenters. The highest BCUT2D eigenvalue weighted by Crippen LogP contribution is 2.42. The maximum Gasteiger partial charge on any atom is 0.0699 e. The molecule has 3 nitrogen and oxygen atoms in total. The fourth-order valence-electron chi connectivity index (χ4n) is 2.75. The first kappa shape index (κ1) is 12.9. The van der Waals surface area contributed by atoms with Crippen molar-refractivity contribution < 1.29 is 9.90 Å². The van der Waals surface area contributed by atoms with Crippen molar-refractivity contribution in [3.8, 4) is 0 Å². The Labute approximate surface area is 118 Å². The minimum atomic E-state index is -0.980. The fourth-order valence-corrected chi connectivity index (χ4v) is 2.75. The van der Waals surface area contributed by atoms with Crippen molar-refractivity contribution in [2.24, 2.45) is 0 Å². The number of carboxylic acids is 1. The van der Waals surface area contributed by atoms with E-state index in [4.69, 9.17) is 0 Å². The largest absolute Gasteiger partial charge is 0.548 e. The van der Waals surface area contributed by atoms with E-state index in [2.05, 4.69) is 12.1 Å². The highest BCUT2D eigenvalue weighted by molar-refractivity contribution is 5.76. The zero-order chi connectivity index (χ0) is 13.9. The van der Waals surface area contributed by atoms with Gasteiger partial charge in [-0.05, 0) is 17.5 Å². The van der Waals surface area contributed by atoms with Gasteiger partial charge in [-0.1, -0.05) is 60.7 Å². The second-order valence-electron chi connectivity index (χ2n) is 5.09. The van der Waals surface area contributed by atoms with E-state index in [1.54, 1.807) is 0 Å². The summed E-state index contributed by atoms with van der Waals surface area (Å²) >= 11 is 0. The number of hydrogen-bond donors (Lipinski definition) is 0. The molecular weight excluding hydrogens is 250 g/mol. The highest BCUT2D eigenvalue weighted by atomic mass is 16.4.